The molecule has 1 heterocycles. The molecule has 114 valence electrons. The van der Waals surface area contributed by atoms with E-state index < -0.39 is 0 Å². The van der Waals surface area contributed by atoms with E-state index >= 15 is 0 Å². The maximum absolute atomic E-state index is 10.2. The summed E-state index contributed by atoms with van der Waals surface area (Å²) in [6, 6.07) is 3.66. The standard InChI is InChI=1S/C13H16BrClN2O.2ClH/c1-2-11(17-7-5-16-6-8-17)9-3-4-10(15)12(14)13(9)18;;/h2-4,11,16,18H,1,5-8H2;2*1H/t11-;;/m1../s1. The molecule has 0 aliphatic carbocycles. The van der Waals surface area contributed by atoms with Crippen LogP contribution in [0.5, 0.6) is 5.75 Å². The van der Waals surface area contributed by atoms with Gasteiger partial charge < -0.3 is 10.4 Å². The van der Waals surface area contributed by atoms with Crippen LogP contribution in [0.25, 0.3) is 0 Å². The number of piperazine rings is 1. The van der Waals surface area contributed by atoms with E-state index in [2.05, 4.69) is 32.7 Å². The number of hydrogen-bond acceptors (Lipinski definition) is 3. The van der Waals surface area contributed by atoms with Gasteiger partial charge in [-0.05, 0) is 22.0 Å². The van der Waals surface area contributed by atoms with E-state index in [9.17, 15) is 5.11 Å². The van der Waals surface area contributed by atoms with Crippen molar-refractivity contribution in [2.75, 3.05) is 26.2 Å². The van der Waals surface area contributed by atoms with Gasteiger partial charge in [-0.25, -0.2) is 0 Å². The molecule has 3 nitrogen and oxygen atoms in total. The Hall–Kier alpha value is 0.0300. The second kappa shape index (κ2) is 9.13. The fraction of sp³-hybridized carbons (Fsp3) is 0.385. The molecule has 0 spiro atoms. The van der Waals surface area contributed by atoms with E-state index in [4.69, 9.17) is 11.6 Å². The zero-order chi connectivity index (χ0) is 13.1. The van der Waals surface area contributed by atoms with Crippen LogP contribution >= 0.6 is 52.3 Å². The molecule has 0 unspecified atom stereocenters. The molecule has 0 aromatic heterocycles. The Morgan fingerprint density at radius 2 is 1.95 bits per heavy atom. The molecule has 0 radical (unpaired) electrons. The molecule has 1 aliphatic heterocycles. The first kappa shape index (κ1) is 20.0. The van der Waals surface area contributed by atoms with E-state index in [1.165, 1.54) is 0 Å². The summed E-state index contributed by atoms with van der Waals surface area (Å²) in [5.41, 5.74) is 0.836. The van der Waals surface area contributed by atoms with Crippen LogP contribution in [0.2, 0.25) is 5.02 Å². The van der Waals surface area contributed by atoms with E-state index in [1.807, 2.05) is 12.1 Å². The molecule has 1 aromatic rings. The molecule has 7 heteroatoms. The molecule has 2 N–H and O–H groups in total. The molecule has 1 aliphatic rings. The summed E-state index contributed by atoms with van der Waals surface area (Å²) >= 11 is 9.27. The topological polar surface area (TPSA) is 35.5 Å². The zero-order valence-electron chi connectivity index (χ0n) is 10.8. The van der Waals surface area contributed by atoms with Crippen LogP contribution in [0.1, 0.15) is 11.6 Å². The van der Waals surface area contributed by atoms with Gasteiger partial charge in [-0.1, -0.05) is 23.7 Å². The number of nitrogens with zero attached hydrogens (tertiary/aromatic N) is 1. The molecule has 1 fully saturated rings. The molecule has 2 rings (SSSR count). The van der Waals surface area contributed by atoms with E-state index in [0.717, 1.165) is 31.7 Å². The summed E-state index contributed by atoms with van der Waals surface area (Å²) in [6.45, 7) is 7.68. The molecule has 0 amide bonds. The van der Waals surface area contributed by atoms with Gasteiger partial charge >= 0.3 is 0 Å². The maximum atomic E-state index is 10.2. The largest absolute Gasteiger partial charge is 0.506 e. The highest BCUT2D eigenvalue weighted by Crippen LogP contribution is 2.39. The van der Waals surface area contributed by atoms with Crippen molar-refractivity contribution < 1.29 is 5.11 Å². The Kier molecular flexibility index (Phi) is 9.14. The Morgan fingerprint density at radius 3 is 2.50 bits per heavy atom. The van der Waals surface area contributed by atoms with Crippen LogP contribution in [0.4, 0.5) is 0 Å². The monoisotopic (exact) mass is 402 g/mol. The van der Waals surface area contributed by atoms with Crippen LogP contribution in [-0.2, 0) is 0 Å². The lowest BCUT2D eigenvalue weighted by Crippen LogP contribution is -2.44. The van der Waals surface area contributed by atoms with Gasteiger partial charge in [0.25, 0.3) is 0 Å². The molecule has 1 aromatic carbocycles. The van der Waals surface area contributed by atoms with Gasteiger partial charge in [0.15, 0.2) is 0 Å². The number of nitrogens with one attached hydrogen (secondary N) is 1. The third-order valence-corrected chi connectivity index (χ3v) is 4.53. The fourth-order valence-electron chi connectivity index (χ4n) is 2.23. The highest BCUT2D eigenvalue weighted by molar-refractivity contribution is 9.10. The van der Waals surface area contributed by atoms with Gasteiger partial charge in [0.1, 0.15) is 5.75 Å². The van der Waals surface area contributed by atoms with Crippen molar-refractivity contribution in [2.24, 2.45) is 0 Å². The van der Waals surface area contributed by atoms with E-state index in [1.54, 1.807) is 6.07 Å². The molecule has 1 saturated heterocycles. The van der Waals surface area contributed by atoms with Crippen LogP contribution in [-0.4, -0.2) is 36.2 Å². The average Bonchev–Trinajstić information content (AvgIpc) is 2.41. The summed E-state index contributed by atoms with van der Waals surface area (Å²) in [6.07, 6.45) is 1.86. The Labute approximate surface area is 145 Å². The summed E-state index contributed by atoms with van der Waals surface area (Å²) in [5, 5.41) is 14.0. The van der Waals surface area contributed by atoms with Crippen molar-refractivity contribution in [3.63, 3.8) is 0 Å². The first-order valence-corrected chi connectivity index (χ1v) is 7.06. The third kappa shape index (κ3) is 4.26. The summed E-state index contributed by atoms with van der Waals surface area (Å²) < 4.78 is 0.545. The Morgan fingerprint density at radius 1 is 1.35 bits per heavy atom. The number of rotatable bonds is 3. The van der Waals surface area contributed by atoms with Crippen LogP contribution in [0.3, 0.4) is 0 Å². The number of hydrogen-bond donors (Lipinski definition) is 2. The van der Waals surface area contributed by atoms with Crippen molar-refractivity contribution >= 4 is 52.3 Å². The van der Waals surface area contributed by atoms with Gasteiger partial charge in [0.05, 0.1) is 15.5 Å². The zero-order valence-corrected chi connectivity index (χ0v) is 14.8. The number of aromatic hydroxyl groups is 1. The first-order chi connectivity index (χ1) is 8.65. The highest BCUT2D eigenvalue weighted by atomic mass is 79.9. The lowest BCUT2D eigenvalue weighted by atomic mass is 10.0. The van der Waals surface area contributed by atoms with E-state index in [0.29, 0.717) is 9.50 Å². The van der Waals surface area contributed by atoms with Crippen molar-refractivity contribution in [3.05, 3.63) is 39.8 Å². The first-order valence-electron chi connectivity index (χ1n) is 5.89. The van der Waals surface area contributed by atoms with Gasteiger partial charge in [-0.3, -0.25) is 4.90 Å². The third-order valence-electron chi connectivity index (χ3n) is 3.19. The minimum Gasteiger partial charge on any atom is -0.506 e. The number of phenolic OH excluding ortho intramolecular Hbond substituents is 1. The SMILES string of the molecule is C=C[C@H](c1ccc(Cl)c(Br)c1O)N1CCNCC1.Cl.Cl. The molecule has 1 atom stereocenters. The van der Waals surface area contributed by atoms with Crippen LogP contribution in [0.15, 0.2) is 29.3 Å². The quantitative estimate of drug-likeness (QED) is 0.753. The second-order valence-electron chi connectivity index (χ2n) is 4.27. The minimum atomic E-state index is 0. The molecule has 20 heavy (non-hydrogen) atoms. The molecular weight excluding hydrogens is 386 g/mol. The smallest absolute Gasteiger partial charge is 0.136 e. The predicted molar refractivity (Wildman–Crippen MR) is 92.7 cm³/mol. The summed E-state index contributed by atoms with van der Waals surface area (Å²) in [4.78, 5) is 2.29. The van der Waals surface area contributed by atoms with Crippen molar-refractivity contribution in [1.29, 1.82) is 0 Å². The Balaban J connectivity index is 0.00000180. The van der Waals surface area contributed by atoms with Gasteiger partial charge in [0, 0.05) is 31.7 Å². The molecule has 0 saturated carbocycles. The van der Waals surface area contributed by atoms with E-state index in [-0.39, 0.29) is 36.6 Å². The lowest BCUT2D eigenvalue weighted by molar-refractivity contribution is 0.201. The molecular formula is C13H18BrCl3N2O. The van der Waals surface area contributed by atoms with Crippen LogP contribution in [0, 0.1) is 0 Å². The summed E-state index contributed by atoms with van der Waals surface area (Å²) in [7, 11) is 0. The molecule has 0 bridgehead atoms. The minimum absolute atomic E-state index is 0. The van der Waals surface area contributed by atoms with Crippen molar-refractivity contribution in [2.45, 2.75) is 6.04 Å². The van der Waals surface area contributed by atoms with Crippen molar-refractivity contribution in [3.8, 4) is 5.75 Å². The normalized spacial score (nSPS) is 16.7. The van der Waals surface area contributed by atoms with Gasteiger partial charge in [-0.2, -0.15) is 0 Å². The second-order valence-corrected chi connectivity index (χ2v) is 5.47. The summed E-state index contributed by atoms with van der Waals surface area (Å²) in [5.74, 6) is 0.200. The maximum Gasteiger partial charge on any atom is 0.136 e. The number of halogens is 4. The lowest BCUT2D eigenvalue weighted by Gasteiger charge is -2.33. The van der Waals surface area contributed by atoms with Gasteiger partial charge in [0.2, 0.25) is 0 Å². The predicted octanol–water partition coefficient (Wildman–Crippen LogP) is 3.78. The number of benzene rings is 1. The Bertz CT molecular complexity index is 453. The number of phenols is 1. The van der Waals surface area contributed by atoms with Crippen molar-refractivity contribution in [1.82, 2.24) is 10.2 Å². The average molecular weight is 405 g/mol. The van der Waals surface area contributed by atoms with Gasteiger partial charge in [-0.15, -0.1) is 31.4 Å². The van der Waals surface area contributed by atoms with Crippen LogP contribution < -0.4 is 5.32 Å². The highest BCUT2D eigenvalue weighted by Gasteiger charge is 2.23. The fourth-order valence-corrected chi connectivity index (χ4v) is 2.74.